The predicted octanol–water partition coefficient (Wildman–Crippen LogP) is 12.3. The number of carbonyl (C=O) groups excluding carboxylic acids is 1. The highest BCUT2D eigenvalue weighted by atomic mass is 32.2. The van der Waals surface area contributed by atoms with Crippen LogP contribution in [0.3, 0.4) is 0 Å². The predicted molar refractivity (Wildman–Crippen MR) is 216 cm³/mol. The molecule has 50 heavy (non-hydrogen) atoms. The number of rotatable bonds is 37. The van der Waals surface area contributed by atoms with E-state index in [0.717, 1.165) is 44.9 Å². The van der Waals surface area contributed by atoms with Gasteiger partial charge in [-0.2, -0.15) is 8.42 Å². The minimum Gasteiger partial charge on any atom is -0.387 e. The molecule has 0 aliphatic carbocycles. The number of allylic oxidation sites excluding steroid dienone is 7. The molecule has 0 aromatic rings. The van der Waals surface area contributed by atoms with Crippen LogP contribution in [0.25, 0.3) is 0 Å². The van der Waals surface area contributed by atoms with Crippen LogP contribution in [0, 0.1) is 0 Å². The van der Waals surface area contributed by atoms with Crippen LogP contribution in [-0.2, 0) is 14.9 Å². The zero-order valence-corrected chi connectivity index (χ0v) is 33.3. The third kappa shape index (κ3) is 37.6. The summed E-state index contributed by atoms with van der Waals surface area (Å²) in [7, 11) is -4.35. The second-order valence-electron chi connectivity index (χ2n) is 14.3. The summed E-state index contributed by atoms with van der Waals surface area (Å²) in [6.07, 6.45) is 49.5. The van der Waals surface area contributed by atoms with Gasteiger partial charge in [0.2, 0.25) is 5.91 Å². The summed E-state index contributed by atoms with van der Waals surface area (Å²) in [5.41, 5.74) is 0. The number of nitrogens with one attached hydrogen (secondary N) is 1. The van der Waals surface area contributed by atoms with Gasteiger partial charge in [-0.3, -0.25) is 9.35 Å². The van der Waals surface area contributed by atoms with Crippen LogP contribution in [-0.4, -0.2) is 41.9 Å². The summed E-state index contributed by atoms with van der Waals surface area (Å²) in [4.78, 5) is 12.5. The van der Waals surface area contributed by atoms with Crippen molar-refractivity contribution in [2.24, 2.45) is 0 Å². The van der Waals surface area contributed by atoms with E-state index in [4.69, 9.17) is 0 Å². The van der Waals surface area contributed by atoms with Crippen molar-refractivity contribution >= 4 is 16.0 Å². The molecule has 0 bridgehead atoms. The van der Waals surface area contributed by atoms with Crippen molar-refractivity contribution in [2.75, 3.05) is 5.75 Å². The van der Waals surface area contributed by atoms with E-state index in [1.54, 1.807) is 0 Å². The lowest BCUT2D eigenvalue weighted by Crippen LogP contribution is -2.46. The molecular weight excluding hydrogens is 643 g/mol. The highest BCUT2D eigenvalue weighted by molar-refractivity contribution is 7.85. The molecule has 0 aliphatic rings. The van der Waals surface area contributed by atoms with E-state index < -0.39 is 28.0 Å². The van der Waals surface area contributed by atoms with E-state index in [-0.39, 0.29) is 12.3 Å². The number of carbonyl (C=O) groups is 1. The molecule has 0 saturated carbocycles. The van der Waals surface area contributed by atoms with Gasteiger partial charge in [-0.15, -0.1) is 0 Å². The Balaban J connectivity index is 3.96. The molecule has 6 nitrogen and oxygen atoms in total. The van der Waals surface area contributed by atoms with Crippen molar-refractivity contribution in [3.8, 4) is 0 Å². The molecule has 0 spiro atoms. The van der Waals surface area contributed by atoms with Crippen molar-refractivity contribution in [1.29, 1.82) is 0 Å². The molecule has 2 unspecified atom stereocenters. The Morgan fingerprint density at radius 3 is 1.42 bits per heavy atom. The van der Waals surface area contributed by atoms with E-state index in [1.165, 1.54) is 134 Å². The minimum atomic E-state index is -4.35. The number of unbranched alkanes of at least 4 members (excludes halogenated alkanes) is 23. The second kappa shape index (κ2) is 37.1. The van der Waals surface area contributed by atoms with Crippen molar-refractivity contribution in [3.05, 3.63) is 48.6 Å². The smallest absolute Gasteiger partial charge is 0.267 e. The summed E-state index contributed by atoms with van der Waals surface area (Å²) in [5.74, 6) is -1.01. The van der Waals surface area contributed by atoms with Gasteiger partial charge >= 0.3 is 0 Å². The van der Waals surface area contributed by atoms with Crippen LogP contribution in [0.5, 0.6) is 0 Å². The fourth-order valence-electron chi connectivity index (χ4n) is 6.08. The SMILES string of the molecule is CCCCC/C=C\C/C=C\CCCCCCCCCCCC(=O)NC(CS(=O)(=O)O)C(O)/C=C/CC/C=C/CCCCCCCCCCCC. The molecule has 7 heteroatoms. The Bertz CT molecular complexity index is 972. The third-order valence-electron chi connectivity index (χ3n) is 9.23. The molecule has 292 valence electrons. The lowest BCUT2D eigenvalue weighted by atomic mass is 10.1. The Morgan fingerprint density at radius 1 is 0.540 bits per heavy atom. The van der Waals surface area contributed by atoms with Gasteiger partial charge in [0.15, 0.2) is 0 Å². The van der Waals surface area contributed by atoms with Crippen LogP contribution in [0.4, 0.5) is 0 Å². The Kier molecular flexibility index (Phi) is 35.8. The maximum atomic E-state index is 12.5. The summed E-state index contributed by atoms with van der Waals surface area (Å²) >= 11 is 0. The van der Waals surface area contributed by atoms with E-state index in [2.05, 4.69) is 55.6 Å². The molecular formula is C43H79NO5S. The van der Waals surface area contributed by atoms with Gasteiger partial charge < -0.3 is 10.4 Å². The van der Waals surface area contributed by atoms with E-state index in [9.17, 15) is 22.9 Å². The molecule has 0 radical (unpaired) electrons. The normalized spacial score (nSPS) is 13.8. The lowest BCUT2D eigenvalue weighted by Gasteiger charge is -2.21. The van der Waals surface area contributed by atoms with E-state index in [1.807, 2.05) is 6.08 Å². The molecule has 1 amide bonds. The summed E-state index contributed by atoms with van der Waals surface area (Å²) in [6, 6.07) is -1.08. The molecule has 2 atom stereocenters. The number of amides is 1. The maximum Gasteiger partial charge on any atom is 0.267 e. The topological polar surface area (TPSA) is 104 Å². The fourth-order valence-corrected chi connectivity index (χ4v) is 6.82. The van der Waals surface area contributed by atoms with Gasteiger partial charge in [-0.1, -0.05) is 178 Å². The first kappa shape index (κ1) is 48.3. The van der Waals surface area contributed by atoms with Gasteiger partial charge in [-0.05, 0) is 64.2 Å². The highest BCUT2D eigenvalue weighted by Gasteiger charge is 2.24. The number of aliphatic hydroxyl groups is 1. The van der Waals surface area contributed by atoms with Gasteiger partial charge in [0.1, 0.15) is 0 Å². The monoisotopic (exact) mass is 722 g/mol. The zero-order chi connectivity index (χ0) is 36.8. The number of aliphatic hydroxyl groups excluding tert-OH is 1. The Hall–Kier alpha value is -1.70. The standard InChI is InChI=1S/C43H79NO5S/c1-3-5-7-9-11-13-15-17-19-21-22-23-25-27-29-31-33-35-37-39-43(46)44-41(40-50(47,48)49)42(45)38-36-34-32-30-28-26-24-20-18-16-14-12-10-8-6-4-2/h11,13,17,19,28,30,36,38,41-42,45H,3-10,12,14-16,18,20-27,29,31-35,37,39-40H2,1-2H3,(H,44,46)(H,47,48,49)/b13-11-,19-17-,30-28+,38-36+. The van der Waals surface area contributed by atoms with Gasteiger partial charge in [0.05, 0.1) is 17.9 Å². The van der Waals surface area contributed by atoms with Crippen molar-refractivity contribution < 1.29 is 22.9 Å². The second-order valence-corrected chi connectivity index (χ2v) is 15.8. The van der Waals surface area contributed by atoms with Crippen LogP contribution in [0.15, 0.2) is 48.6 Å². The summed E-state index contributed by atoms with van der Waals surface area (Å²) in [5, 5.41) is 13.2. The van der Waals surface area contributed by atoms with Gasteiger partial charge in [0, 0.05) is 6.42 Å². The van der Waals surface area contributed by atoms with Crippen LogP contribution < -0.4 is 5.32 Å². The molecule has 3 N–H and O–H groups in total. The first-order valence-electron chi connectivity index (χ1n) is 20.8. The maximum absolute atomic E-state index is 12.5. The molecule has 0 aliphatic heterocycles. The quantitative estimate of drug-likeness (QED) is 0.0336. The van der Waals surface area contributed by atoms with E-state index >= 15 is 0 Å². The molecule has 0 rings (SSSR count). The number of hydrogen-bond donors (Lipinski definition) is 3. The fraction of sp³-hybridized carbons (Fsp3) is 0.791. The van der Waals surface area contributed by atoms with E-state index in [0.29, 0.717) is 6.42 Å². The molecule has 0 aromatic carbocycles. The first-order chi connectivity index (χ1) is 24.3. The molecule has 0 aromatic heterocycles. The highest BCUT2D eigenvalue weighted by Crippen LogP contribution is 2.13. The van der Waals surface area contributed by atoms with Crippen molar-refractivity contribution in [2.45, 2.75) is 212 Å². The summed E-state index contributed by atoms with van der Waals surface area (Å²) in [6.45, 7) is 4.50. The van der Waals surface area contributed by atoms with Gasteiger partial charge in [0.25, 0.3) is 10.1 Å². The largest absolute Gasteiger partial charge is 0.387 e. The minimum absolute atomic E-state index is 0.282. The lowest BCUT2D eigenvalue weighted by molar-refractivity contribution is -0.122. The van der Waals surface area contributed by atoms with Crippen LogP contribution in [0.2, 0.25) is 0 Å². The Morgan fingerprint density at radius 2 is 0.920 bits per heavy atom. The first-order valence-corrected chi connectivity index (χ1v) is 22.4. The van der Waals surface area contributed by atoms with Crippen molar-refractivity contribution in [1.82, 2.24) is 5.32 Å². The summed E-state index contributed by atoms with van der Waals surface area (Å²) < 4.78 is 32.5. The average Bonchev–Trinajstić information content (AvgIpc) is 3.08. The van der Waals surface area contributed by atoms with Gasteiger partial charge in [-0.25, -0.2) is 0 Å². The molecule has 0 fully saturated rings. The average molecular weight is 722 g/mol. The molecule has 0 saturated heterocycles. The van der Waals surface area contributed by atoms with Crippen LogP contribution in [0.1, 0.15) is 200 Å². The Labute approximate surface area is 309 Å². The van der Waals surface area contributed by atoms with Crippen molar-refractivity contribution in [3.63, 3.8) is 0 Å². The number of hydrogen-bond acceptors (Lipinski definition) is 4. The third-order valence-corrected chi connectivity index (χ3v) is 10.0. The van der Waals surface area contributed by atoms with Crippen LogP contribution >= 0.6 is 0 Å². The molecule has 0 heterocycles. The zero-order valence-electron chi connectivity index (χ0n) is 32.5.